The van der Waals surface area contributed by atoms with Gasteiger partial charge in [-0.05, 0) is 38.5 Å². The lowest BCUT2D eigenvalue weighted by Gasteiger charge is -2.50. The predicted octanol–water partition coefficient (Wildman–Crippen LogP) is 4.25. The summed E-state index contributed by atoms with van der Waals surface area (Å²) in [5.74, 6) is 0.843. The van der Waals surface area contributed by atoms with Crippen LogP contribution in [0.15, 0.2) is 40.9 Å². The molecular formula is C18H21FN2O. The van der Waals surface area contributed by atoms with E-state index < -0.39 is 5.67 Å². The first kappa shape index (κ1) is 13.9. The van der Waals surface area contributed by atoms with E-state index in [0.29, 0.717) is 25.8 Å². The molecule has 3 fully saturated rings. The Kier molecular flexibility index (Phi) is 3.30. The first-order valence-corrected chi connectivity index (χ1v) is 8.12. The van der Waals surface area contributed by atoms with Gasteiger partial charge in [-0.25, -0.2) is 4.39 Å². The molecule has 116 valence electrons. The van der Waals surface area contributed by atoms with Gasteiger partial charge >= 0.3 is 0 Å². The molecule has 0 unspecified atom stereocenters. The van der Waals surface area contributed by atoms with Gasteiger partial charge in [0.05, 0.1) is 6.54 Å². The second kappa shape index (κ2) is 5.20. The Balaban J connectivity index is 1.42. The normalized spacial score (nSPS) is 30.6. The van der Waals surface area contributed by atoms with Crippen LogP contribution in [0.5, 0.6) is 0 Å². The van der Waals surface area contributed by atoms with Crippen LogP contribution in [0.3, 0.4) is 0 Å². The predicted molar refractivity (Wildman–Crippen MR) is 83.1 cm³/mol. The molecule has 4 heteroatoms. The van der Waals surface area contributed by atoms with Crippen molar-refractivity contribution in [2.24, 2.45) is 0 Å². The molecule has 3 saturated carbocycles. The highest BCUT2D eigenvalue weighted by atomic mass is 19.1. The van der Waals surface area contributed by atoms with Gasteiger partial charge in [0, 0.05) is 17.2 Å². The summed E-state index contributed by atoms with van der Waals surface area (Å²) in [5.41, 5.74) is 1.15. The van der Waals surface area contributed by atoms with Crippen molar-refractivity contribution in [1.29, 1.82) is 0 Å². The van der Waals surface area contributed by atoms with Gasteiger partial charge in [-0.15, -0.1) is 0 Å². The quantitative estimate of drug-likeness (QED) is 0.917. The largest absolute Gasteiger partial charge is 0.359 e. The molecule has 3 aliphatic carbocycles. The van der Waals surface area contributed by atoms with Crippen LogP contribution in [0, 0.1) is 0 Å². The van der Waals surface area contributed by atoms with Crippen LogP contribution in [0.1, 0.15) is 44.3 Å². The fourth-order valence-corrected chi connectivity index (χ4v) is 3.82. The summed E-state index contributed by atoms with van der Waals surface area (Å²) >= 11 is 0. The third-order valence-corrected chi connectivity index (χ3v) is 5.42. The highest BCUT2D eigenvalue weighted by molar-refractivity contribution is 5.58. The Hall–Kier alpha value is -1.68. The first-order chi connectivity index (χ1) is 10.7. The van der Waals surface area contributed by atoms with Gasteiger partial charge in [0.1, 0.15) is 11.4 Å². The highest BCUT2D eigenvalue weighted by Gasteiger charge is 2.48. The van der Waals surface area contributed by atoms with E-state index in [9.17, 15) is 4.39 Å². The maximum Gasteiger partial charge on any atom is 0.151 e. The van der Waals surface area contributed by atoms with Crippen LogP contribution in [0.4, 0.5) is 4.39 Å². The molecule has 2 bridgehead atoms. The number of hydrogen-bond donors (Lipinski definition) is 1. The van der Waals surface area contributed by atoms with Gasteiger partial charge in [0.25, 0.3) is 0 Å². The van der Waals surface area contributed by atoms with E-state index in [0.717, 1.165) is 36.3 Å². The number of aromatic nitrogens is 1. The SMILES string of the molecule is FC12CCC(NCc3cc(-c4ccccc4)no3)(CC1)CC2. The van der Waals surface area contributed by atoms with E-state index >= 15 is 0 Å². The van der Waals surface area contributed by atoms with Crippen LogP contribution in [-0.2, 0) is 6.54 Å². The third-order valence-electron chi connectivity index (χ3n) is 5.42. The van der Waals surface area contributed by atoms with Gasteiger partial charge in [0.15, 0.2) is 5.76 Å². The van der Waals surface area contributed by atoms with Crippen molar-refractivity contribution in [1.82, 2.24) is 10.5 Å². The van der Waals surface area contributed by atoms with E-state index in [1.165, 1.54) is 0 Å². The van der Waals surface area contributed by atoms with Crippen molar-refractivity contribution < 1.29 is 8.91 Å². The minimum Gasteiger partial charge on any atom is -0.359 e. The lowest BCUT2D eigenvalue weighted by Crippen LogP contribution is -2.55. The van der Waals surface area contributed by atoms with E-state index in [4.69, 9.17) is 4.52 Å². The smallest absolute Gasteiger partial charge is 0.151 e. The molecule has 1 aromatic carbocycles. The van der Waals surface area contributed by atoms with Crippen molar-refractivity contribution in [3.63, 3.8) is 0 Å². The number of benzene rings is 1. The zero-order valence-electron chi connectivity index (χ0n) is 12.6. The molecule has 0 amide bonds. The minimum absolute atomic E-state index is 0.105. The third kappa shape index (κ3) is 2.56. The minimum atomic E-state index is -0.879. The summed E-state index contributed by atoms with van der Waals surface area (Å²) in [6.45, 7) is 0.666. The zero-order valence-corrected chi connectivity index (χ0v) is 12.6. The number of rotatable bonds is 4. The molecule has 3 nitrogen and oxygen atoms in total. The Labute approximate surface area is 129 Å². The Morgan fingerprint density at radius 3 is 2.41 bits per heavy atom. The van der Waals surface area contributed by atoms with Crippen LogP contribution >= 0.6 is 0 Å². The monoisotopic (exact) mass is 300 g/mol. The molecule has 22 heavy (non-hydrogen) atoms. The van der Waals surface area contributed by atoms with Gasteiger partial charge in [-0.3, -0.25) is 0 Å². The summed E-state index contributed by atoms with van der Waals surface area (Å²) < 4.78 is 19.7. The molecule has 1 N–H and O–H groups in total. The lowest BCUT2D eigenvalue weighted by molar-refractivity contribution is -0.00955. The highest BCUT2D eigenvalue weighted by Crippen LogP contribution is 2.49. The van der Waals surface area contributed by atoms with Crippen LogP contribution in [-0.4, -0.2) is 16.4 Å². The molecule has 1 heterocycles. The van der Waals surface area contributed by atoms with Gasteiger partial charge < -0.3 is 9.84 Å². The van der Waals surface area contributed by atoms with Crippen LogP contribution < -0.4 is 5.32 Å². The van der Waals surface area contributed by atoms with Crippen LogP contribution in [0.2, 0.25) is 0 Å². The van der Waals surface area contributed by atoms with Crippen molar-refractivity contribution in [2.75, 3.05) is 0 Å². The van der Waals surface area contributed by atoms with E-state index in [2.05, 4.69) is 10.5 Å². The summed E-state index contributed by atoms with van der Waals surface area (Å²) in [4.78, 5) is 0. The molecule has 0 radical (unpaired) electrons. The van der Waals surface area contributed by atoms with Crippen molar-refractivity contribution >= 4 is 0 Å². The summed E-state index contributed by atoms with van der Waals surface area (Å²) in [6, 6.07) is 12.0. The Morgan fingerprint density at radius 2 is 1.73 bits per heavy atom. The van der Waals surface area contributed by atoms with Crippen molar-refractivity contribution in [3.05, 3.63) is 42.2 Å². The fourth-order valence-electron chi connectivity index (χ4n) is 3.82. The number of hydrogen-bond acceptors (Lipinski definition) is 3. The second-order valence-corrected chi connectivity index (χ2v) is 6.83. The number of alkyl halides is 1. The number of halogens is 1. The Bertz CT molecular complexity index is 628. The zero-order chi connectivity index (χ0) is 15.0. The maximum atomic E-state index is 14.2. The standard InChI is InChI=1S/C18H21FN2O/c19-17-6-9-18(10-7-17,11-8-17)20-13-15-12-16(21-22-15)14-4-2-1-3-5-14/h1-5,12,20H,6-11,13H2. The van der Waals surface area contributed by atoms with Crippen LogP contribution in [0.25, 0.3) is 11.3 Å². The summed E-state index contributed by atoms with van der Waals surface area (Å²) in [5, 5.41) is 7.77. The first-order valence-electron chi connectivity index (χ1n) is 8.12. The molecular weight excluding hydrogens is 279 g/mol. The topological polar surface area (TPSA) is 38.1 Å². The molecule has 0 spiro atoms. The van der Waals surface area contributed by atoms with Crippen molar-refractivity contribution in [3.8, 4) is 11.3 Å². The maximum absolute atomic E-state index is 14.2. The molecule has 2 aromatic rings. The molecule has 0 atom stereocenters. The molecule has 0 aliphatic heterocycles. The average Bonchev–Trinajstić information content (AvgIpc) is 3.05. The number of fused-ring (bicyclic) bond motifs is 3. The average molecular weight is 300 g/mol. The van der Waals surface area contributed by atoms with E-state index in [1.807, 2.05) is 36.4 Å². The summed E-state index contributed by atoms with van der Waals surface area (Å²) in [6.07, 6.45) is 4.90. The molecule has 5 rings (SSSR count). The molecule has 1 aromatic heterocycles. The van der Waals surface area contributed by atoms with Gasteiger partial charge in [-0.1, -0.05) is 35.5 Å². The molecule has 3 aliphatic rings. The molecule has 0 saturated heterocycles. The van der Waals surface area contributed by atoms with Crippen molar-refractivity contribution in [2.45, 2.75) is 56.3 Å². The number of nitrogens with one attached hydrogen (secondary N) is 1. The lowest BCUT2D eigenvalue weighted by atomic mass is 9.64. The fraction of sp³-hybridized carbons (Fsp3) is 0.500. The Morgan fingerprint density at radius 1 is 1.05 bits per heavy atom. The van der Waals surface area contributed by atoms with Gasteiger partial charge in [0.2, 0.25) is 0 Å². The van der Waals surface area contributed by atoms with Gasteiger partial charge in [-0.2, -0.15) is 0 Å². The van der Waals surface area contributed by atoms with E-state index in [-0.39, 0.29) is 5.54 Å². The summed E-state index contributed by atoms with van der Waals surface area (Å²) in [7, 11) is 0. The van der Waals surface area contributed by atoms with E-state index in [1.54, 1.807) is 0 Å². The second-order valence-electron chi connectivity index (χ2n) is 6.83. The number of nitrogens with zero attached hydrogens (tertiary/aromatic N) is 1.